The maximum absolute atomic E-state index is 12.8. The molecule has 1 heterocycles. The van der Waals surface area contributed by atoms with Crippen molar-refractivity contribution in [3.05, 3.63) is 54.1 Å². The van der Waals surface area contributed by atoms with E-state index in [1.807, 2.05) is 0 Å². The van der Waals surface area contributed by atoms with Gasteiger partial charge in [-0.2, -0.15) is 4.31 Å². The molecule has 1 saturated heterocycles. The Labute approximate surface area is 168 Å². The molecule has 1 fully saturated rings. The van der Waals surface area contributed by atoms with Gasteiger partial charge in [-0.05, 0) is 30.3 Å². The molecule has 2 N–H and O–H groups in total. The minimum absolute atomic E-state index is 0.0378. The molecule has 0 unspecified atom stereocenters. The fourth-order valence-electron chi connectivity index (χ4n) is 2.85. The van der Waals surface area contributed by atoms with Gasteiger partial charge in [-0.3, -0.25) is 9.59 Å². The molecular weight excluding hydrogens is 418 g/mol. The second kappa shape index (κ2) is 7.93. The molecule has 1 aliphatic heterocycles. The number of carbonyl (C=O) groups excluding carboxylic acids is 2. The smallest absolute Gasteiger partial charge is 0.255 e. The van der Waals surface area contributed by atoms with Gasteiger partial charge in [-0.1, -0.05) is 18.2 Å². The van der Waals surface area contributed by atoms with E-state index in [4.69, 9.17) is 0 Å². The zero-order valence-electron chi connectivity index (χ0n) is 15.5. The number of hydrogen-bond donors (Lipinski definition) is 2. The number of sulfone groups is 1. The molecule has 1 aliphatic rings. The minimum Gasteiger partial charge on any atom is -0.354 e. The summed E-state index contributed by atoms with van der Waals surface area (Å²) in [6.45, 7) is 0.0488. The number of sulfonamides is 1. The Morgan fingerprint density at radius 3 is 2.48 bits per heavy atom. The molecule has 0 saturated carbocycles. The van der Waals surface area contributed by atoms with Gasteiger partial charge >= 0.3 is 0 Å². The van der Waals surface area contributed by atoms with Crippen LogP contribution in [0.25, 0.3) is 0 Å². The summed E-state index contributed by atoms with van der Waals surface area (Å²) in [7, 11) is -7.53. The van der Waals surface area contributed by atoms with Crippen molar-refractivity contribution in [1.82, 2.24) is 9.62 Å². The molecule has 0 aliphatic carbocycles. The predicted molar refractivity (Wildman–Crippen MR) is 106 cm³/mol. The Balaban J connectivity index is 1.89. The topological polar surface area (TPSA) is 130 Å². The van der Waals surface area contributed by atoms with Gasteiger partial charge < -0.3 is 10.6 Å². The van der Waals surface area contributed by atoms with E-state index in [0.717, 1.165) is 10.6 Å². The van der Waals surface area contributed by atoms with Gasteiger partial charge in [-0.15, -0.1) is 0 Å². The van der Waals surface area contributed by atoms with E-state index in [0.29, 0.717) is 0 Å². The Bertz CT molecular complexity index is 1180. The summed E-state index contributed by atoms with van der Waals surface area (Å²) in [5.74, 6) is -1.05. The van der Waals surface area contributed by atoms with Gasteiger partial charge in [0.1, 0.15) is 0 Å². The molecule has 3 rings (SSSR count). The number of para-hydroxylation sites is 1. The number of anilines is 1. The second-order valence-electron chi connectivity index (χ2n) is 6.44. The molecule has 29 heavy (non-hydrogen) atoms. The first-order valence-electron chi connectivity index (χ1n) is 8.56. The van der Waals surface area contributed by atoms with E-state index in [1.165, 1.54) is 42.5 Å². The lowest BCUT2D eigenvalue weighted by Gasteiger charge is -2.26. The van der Waals surface area contributed by atoms with Crippen LogP contribution in [0, 0.1) is 0 Å². The first-order valence-corrected chi connectivity index (χ1v) is 11.9. The molecule has 0 aromatic heterocycles. The first-order chi connectivity index (χ1) is 13.6. The van der Waals surface area contributed by atoms with Crippen LogP contribution < -0.4 is 10.6 Å². The van der Waals surface area contributed by atoms with Crippen LogP contribution in [0.1, 0.15) is 10.4 Å². The first kappa shape index (κ1) is 21.0. The number of carbonyl (C=O) groups is 2. The van der Waals surface area contributed by atoms with Gasteiger partial charge in [-0.25, -0.2) is 16.8 Å². The number of nitrogens with one attached hydrogen (secondary N) is 2. The third-order valence-corrected chi connectivity index (χ3v) is 7.27. The van der Waals surface area contributed by atoms with Crippen molar-refractivity contribution in [3.8, 4) is 0 Å². The van der Waals surface area contributed by atoms with E-state index < -0.39 is 31.7 Å². The van der Waals surface area contributed by atoms with Crippen molar-refractivity contribution in [2.24, 2.45) is 0 Å². The molecule has 0 atom stereocenters. The van der Waals surface area contributed by atoms with Gasteiger partial charge in [0, 0.05) is 24.9 Å². The SMILES string of the molecule is CS(=O)(=O)c1ccccc1NC(=O)c1cccc(S(=O)(=O)N2CCNC(=O)C2)c1. The van der Waals surface area contributed by atoms with E-state index in [2.05, 4.69) is 10.6 Å². The third-order valence-electron chi connectivity index (χ3n) is 4.27. The van der Waals surface area contributed by atoms with Crippen LogP contribution in [0.4, 0.5) is 5.69 Å². The highest BCUT2D eigenvalue weighted by atomic mass is 32.2. The number of piperazine rings is 1. The summed E-state index contributed by atoms with van der Waals surface area (Å²) < 4.78 is 50.4. The van der Waals surface area contributed by atoms with E-state index in [9.17, 15) is 26.4 Å². The molecule has 0 radical (unpaired) electrons. The van der Waals surface area contributed by atoms with Gasteiger partial charge in [0.15, 0.2) is 9.84 Å². The maximum Gasteiger partial charge on any atom is 0.255 e. The van der Waals surface area contributed by atoms with Crippen molar-refractivity contribution in [2.45, 2.75) is 9.79 Å². The minimum atomic E-state index is -3.96. The fourth-order valence-corrected chi connectivity index (χ4v) is 5.14. The summed E-state index contributed by atoms with van der Waals surface area (Å²) in [6, 6.07) is 11.3. The molecule has 2 amide bonds. The van der Waals surface area contributed by atoms with Crippen LogP contribution in [0.3, 0.4) is 0 Å². The van der Waals surface area contributed by atoms with Crippen molar-refractivity contribution in [3.63, 3.8) is 0 Å². The third kappa shape index (κ3) is 4.63. The highest BCUT2D eigenvalue weighted by Crippen LogP contribution is 2.22. The van der Waals surface area contributed by atoms with Crippen LogP contribution in [-0.4, -0.2) is 58.8 Å². The summed E-state index contributed by atoms with van der Waals surface area (Å²) in [5.41, 5.74) is 0.136. The monoisotopic (exact) mass is 437 g/mol. The molecule has 0 bridgehead atoms. The van der Waals surface area contributed by atoms with E-state index in [-0.39, 0.29) is 40.7 Å². The molecule has 2 aromatic carbocycles. The van der Waals surface area contributed by atoms with E-state index >= 15 is 0 Å². The lowest BCUT2D eigenvalue weighted by Crippen LogP contribution is -2.49. The average molecular weight is 437 g/mol. The van der Waals surface area contributed by atoms with Crippen molar-refractivity contribution >= 4 is 37.4 Å². The van der Waals surface area contributed by atoms with Crippen molar-refractivity contribution in [2.75, 3.05) is 31.2 Å². The molecule has 154 valence electrons. The highest BCUT2D eigenvalue weighted by Gasteiger charge is 2.29. The summed E-state index contributed by atoms with van der Waals surface area (Å²) in [5, 5.41) is 5.06. The Morgan fingerprint density at radius 2 is 1.79 bits per heavy atom. The quantitative estimate of drug-likeness (QED) is 0.699. The fraction of sp³-hybridized carbons (Fsp3) is 0.222. The normalized spacial score (nSPS) is 15.6. The lowest BCUT2D eigenvalue weighted by atomic mass is 10.2. The summed E-state index contributed by atoms with van der Waals surface area (Å²) in [4.78, 5) is 24.0. The van der Waals surface area contributed by atoms with Gasteiger partial charge in [0.2, 0.25) is 15.9 Å². The number of amides is 2. The zero-order valence-corrected chi connectivity index (χ0v) is 17.1. The lowest BCUT2D eigenvalue weighted by molar-refractivity contribution is -0.122. The molecule has 2 aromatic rings. The molecular formula is C18H19N3O6S2. The van der Waals surface area contributed by atoms with Crippen molar-refractivity contribution < 1.29 is 26.4 Å². The molecule has 9 nitrogen and oxygen atoms in total. The van der Waals surface area contributed by atoms with Gasteiger partial charge in [0.05, 0.1) is 22.0 Å². The van der Waals surface area contributed by atoms with Crippen molar-refractivity contribution in [1.29, 1.82) is 0 Å². The van der Waals surface area contributed by atoms with Crippen LogP contribution in [0.2, 0.25) is 0 Å². The zero-order chi connectivity index (χ0) is 21.2. The van der Waals surface area contributed by atoms with Crippen LogP contribution in [-0.2, 0) is 24.7 Å². The number of hydrogen-bond acceptors (Lipinski definition) is 6. The van der Waals surface area contributed by atoms with Crippen LogP contribution in [0.5, 0.6) is 0 Å². The van der Waals surface area contributed by atoms with Gasteiger partial charge in [0.25, 0.3) is 5.91 Å². The largest absolute Gasteiger partial charge is 0.354 e. The number of rotatable bonds is 5. The maximum atomic E-state index is 12.8. The number of nitrogens with zero attached hydrogens (tertiary/aromatic N) is 1. The van der Waals surface area contributed by atoms with E-state index in [1.54, 1.807) is 6.07 Å². The highest BCUT2D eigenvalue weighted by molar-refractivity contribution is 7.91. The predicted octanol–water partition coefficient (Wildman–Crippen LogP) is 0.463. The van der Waals surface area contributed by atoms with Crippen LogP contribution >= 0.6 is 0 Å². The Morgan fingerprint density at radius 1 is 1.07 bits per heavy atom. The Hall–Kier alpha value is -2.76. The summed E-state index contributed by atoms with van der Waals surface area (Å²) >= 11 is 0. The van der Waals surface area contributed by atoms with Crippen LogP contribution in [0.15, 0.2) is 58.3 Å². The molecule has 0 spiro atoms. The summed E-state index contributed by atoms with van der Waals surface area (Å²) in [6.07, 6.45) is 1.03. The Kier molecular flexibility index (Phi) is 5.73. The average Bonchev–Trinajstić information content (AvgIpc) is 2.67. The number of benzene rings is 2. The second-order valence-corrected chi connectivity index (χ2v) is 10.4. The molecule has 11 heteroatoms. The standard InChI is InChI=1S/C18H19N3O6S2/c1-28(24,25)16-8-3-2-7-15(16)20-18(23)13-5-4-6-14(11-13)29(26,27)21-10-9-19-17(22)12-21/h2-8,11H,9-10,12H2,1H3,(H,19,22)(H,20,23).